The molecule has 3 aromatic rings. The van der Waals surface area contributed by atoms with Gasteiger partial charge in [-0.2, -0.15) is 5.10 Å². The van der Waals surface area contributed by atoms with E-state index in [-0.39, 0.29) is 0 Å². The van der Waals surface area contributed by atoms with Crippen LogP contribution in [0.25, 0.3) is 16.9 Å². The maximum Gasteiger partial charge on any atom is 0.168 e. The molecular formula is C20H20N4O2. The fourth-order valence-corrected chi connectivity index (χ4v) is 2.54. The Bertz CT molecular complexity index is 913. The lowest BCUT2D eigenvalue weighted by Crippen LogP contribution is -2.08. The molecule has 132 valence electrons. The molecule has 0 aliphatic carbocycles. The molecule has 0 saturated heterocycles. The van der Waals surface area contributed by atoms with E-state index in [2.05, 4.69) is 10.1 Å². The minimum absolute atomic E-state index is 0.449. The lowest BCUT2D eigenvalue weighted by Gasteiger charge is -2.07. The summed E-state index contributed by atoms with van der Waals surface area (Å²) in [6, 6.07) is 17.1. The molecule has 1 heterocycles. The standard InChI is InChI=1S/C20H20N4O2/c1-23(2)14-21-20-18(13-25)19(15-7-5-4-6-8-15)22-24(20)16-9-11-17(26-3)12-10-16/h4-14H,1-3H3. The fraction of sp³-hybridized carbons (Fsp3) is 0.150. The predicted molar refractivity (Wildman–Crippen MR) is 103 cm³/mol. The van der Waals surface area contributed by atoms with Gasteiger partial charge in [0.15, 0.2) is 12.1 Å². The van der Waals surface area contributed by atoms with Gasteiger partial charge in [-0.25, -0.2) is 9.67 Å². The van der Waals surface area contributed by atoms with E-state index in [0.29, 0.717) is 17.1 Å². The molecule has 1 aromatic heterocycles. The van der Waals surface area contributed by atoms with Gasteiger partial charge in [0.25, 0.3) is 0 Å². The summed E-state index contributed by atoms with van der Waals surface area (Å²) in [5.74, 6) is 1.23. The Hall–Kier alpha value is -3.41. The number of benzene rings is 2. The normalized spacial score (nSPS) is 10.9. The third-order valence-electron chi connectivity index (χ3n) is 3.79. The van der Waals surface area contributed by atoms with E-state index in [4.69, 9.17) is 4.74 Å². The smallest absolute Gasteiger partial charge is 0.168 e. The van der Waals surface area contributed by atoms with Gasteiger partial charge in [0.1, 0.15) is 11.4 Å². The second kappa shape index (κ2) is 7.65. The highest BCUT2D eigenvalue weighted by Crippen LogP contribution is 2.32. The highest BCUT2D eigenvalue weighted by atomic mass is 16.5. The molecule has 3 rings (SSSR count). The lowest BCUT2D eigenvalue weighted by molar-refractivity contribution is 0.112. The van der Waals surface area contributed by atoms with E-state index >= 15 is 0 Å². The van der Waals surface area contributed by atoms with Crippen LogP contribution in [0.4, 0.5) is 5.82 Å². The maximum absolute atomic E-state index is 11.9. The van der Waals surface area contributed by atoms with Crippen molar-refractivity contribution in [2.24, 2.45) is 4.99 Å². The molecule has 0 spiro atoms. The van der Waals surface area contributed by atoms with Gasteiger partial charge in [-0.3, -0.25) is 4.79 Å². The molecule has 0 amide bonds. The Morgan fingerprint density at radius 2 is 1.77 bits per heavy atom. The Balaban J connectivity index is 2.20. The summed E-state index contributed by atoms with van der Waals surface area (Å²) < 4.78 is 6.88. The highest BCUT2D eigenvalue weighted by Gasteiger charge is 2.19. The Morgan fingerprint density at radius 1 is 1.08 bits per heavy atom. The molecule has 6 heteroatoms. The summed E-state index contributed by atoms with van der Waals surface area (Å²) in [5.41, 5.74) is 2.71. The van der Waals surface area contributed by atoms with Crippen molar-refractivity contribution in [1.82, 2.24) is 14.7 Å². The zero-order valence-electron chi connectivity index (χ0n) is 15.0. The average molecular weight is 348 g/mol. The zero-order valence-corrected chi connectivity index (χ0v) is 15.0. The van der Waals surface area contributed by atoms with Gasteiger partial charge in [0.05, 0.1) is 24.7 Å². The van der Waals surface area contributed by atoms with Gasteiger partial charge >= 0.3 is 0 Å². The Morgan fingerprint density at radius 3 is 2.35 bits per heavy atom. The lowest BCUT2D eigenvalue weighted by atomic mass is 10.1. The molecule has 6 nitrogen and oxygen atoms in total. The Labute approximate surface area is 152 Å². The topological polar surface area (TPSA) is 59.7 Å². The van der Waals surface area contributed by atoms with E-state index in [1.165, 1.54) is 0 Å². The first-order chi connectivity index (χ1) is 12.6. The van der Waals surface area contributed by atoms with Crippen LogP contribution in [0.15, 0.2) is 59.6 Å². The van der Waals surface area contributed by atoms with Gasteiger partial charge in [-0.1, -0.05) is 30.3 Å². The van der Waals surface area contributed by atoms with Crippen LogP contribution in [0.2, 0.25) is 0 Å². The van der Waals surface area contributed by atoms with Crippen molar-refractivity contribution in [1.29, 1.82) is 0 Å². The number of carbonyl (C=O) groups excluding carboxylic acids is 1. The number of rotatable bonds is 6. The summed E-state index contributed by atoms with van der Waals surface area (Å²) >= 11 is 0. The molecular weight excluding hydrogens is 328 g/mol. The zero-order chi connectivity index (χ0) is 18.5. The van der Waals surface area contributed by atoms with Crippen molar-refractivity contribution in [2.45, 2.75) is 0 Å². The molecule has 0 aliphatic heterocycles. The van der Waals surface area contributed by atoms with E-state index in [1.807, 2.05) is 73.6 Å². The summed E-state index contributed by atoms with van der Waals surface area (Å²) in [6.07, 6.45) is 2.45. The summed E-state index contributed by atoms with van der Waals surface area (Å²) in [6.45, 7) is 0. The van der Waals surface area contributed by atoms with E-state index < -0.39 is 0 Å². The third-order valence-corrected chi connectivity index (χ3v) is 3.79. The summed E-state index contributed by atoms with van der Waals surface area (Å²) in [5, 5.41) is 4.67. The number of ether oxygens (including phenoxy) is 1. The van der Waals surface area contributed by atoms with Crippen LogP contribution in [-0.2, 0) is 0 Å². The van der Waals surface area contributed by atoms with Crippen LogP contribution in [0.5, 0.6) is 5.75 Å². The van der Waals surface area contributed by atoms with Gasteiger partial charge in [0, 0.05) is 19.7 Å². The molecule has 0 aliphatic rings. The van der Waals surface area contributed by atoms with Crippen LogP contribution in [0, 0.1) is 0 Å². The molecule has 0 fully saturated rings. The fourth-order valence-electron chi connectivity index (χ4n) is 2.54. The summed E-state index contributed by atoms with van der Waals surface area (Å²) in [4.78, 5) is 18.1. The van der Waals surface area contributed by atoms with Crippen LogP contribution < -0.4 is 4.74 Å². The van der Waals surface area contributed by atoms with Crippen molar-refractivity contribution in [3.63, 3.8) is 0 Å². The van der Waals surface area contributed by atoms with E-state index in [1.54, 1.807) is 18.1 Å². The SMILES string of the molecule is COc1ccc(-n2nc(-c3ccccc3)c(C=O)c2N=CN(C)C)cc1. The maximum atomic E-state index is 11.9. The van der Waals surface area contributed by atoms with Gasteiger partial charge in [-0.05, 0) is 24.3 Å². The van der Waals surface area contributed by atoms with Crippen LogP contribution >= 0.6 is 0 Å². The molecule has 2 aromatic carbocycles. The molecule has 0 N–H and O–H groups in total. The second-order valence-corrected chi connectivity index (χ2v) is 5.89. The van der Waals surface area contributed by atoms with Crippen molar-refractivity contribution < 1.29 is 9.53 Å². The monoisotopic (exact) mass is 348 g/mol. The molecule has 0 radical (unpaired) electrons. The van der Waals surface area contributed by atoms with E-state index in [9.17, 15) is 4.79 Å². The number of carbonyl (C=O) groups is 1. The van der Waals surface area contributed by atoms with Crippen molar-refractivity contribution >= 4 is 18.4 Å². The number of nitrogens with zero attached hydrogens (tertiary/aromatic N) is 4. The van der Waals surface area contributed by atoms with Crippen molar-refractivity contribution in [3.8, 4) is 22.7 Å². The van der Waals surface area contributed by atoms with Crippen molar-refractivity contribution in [3.05, 3.63) is 60.2 Å². The van der Waals surface area contributed by atoms with Gasteiger partial charge < -0.3 is 9.64 Å². The number of hydrogen-bond donors (Lipinski definition) is 0. The highest BCUT2D eigenvalue weighted by molar-refractivity contribution is 5.92. The number of aldehydes is 1. The molecule has 0 bridgehead atoms. The molecule has 0 unspecified atom stereocenters. The molecule has 0 atom stereocenters. The van der Waals surface area contributed by atoms with E-state index in [0.717, 1.165) is 23.3 Å². The molecule has 26 heavy (non-hydrogen) atoms. The first kappa shape index (κ1) is 17.4. The first-order valence-corrected chi connectivity index (χ1v) is 8.12. The van der Waals surface area contributed by atoms with Crippen LogP contribution in [0.3, 0.4) is 0 Å². The minimum Gasteiger partial charge on any atom is -0.497 e. The quantitative estimate of drug-likeness (QED) is 0.388. The largest absolute Gasteiger partial charge is 0.497 e. The van der Waals surface area contributed by atoms with Gasteiger partial charge in [0.2, 0.25) is 0 Å². The average Bonchev–Trinajstić information content (AvgIpc) is 3.05. The van der Waals surface area contributed by atoms with Crippen LogP contribution in [0.1, 0.15) is 10.4 Å². The minimum atomic E-state index is 0.449. The number of aromatic nitrogens is 2. The first-order valence-electron chi connectivity index (χ1n) is 8.12. The summed E-state index contributed by atoms with van der Waals surface area (Å²) in [7, 11) is 5.36. The predicted octanol–water partition coefficient (Wildman–Crippen LogP) is 3.58. The second-order valence-electron chi connectivity index (χ2n) is 5.89. The Kier molecular flexibility index (Phi) is 5.12. The third kappa shape index (κ3) is 3.49. The number of methoxy groups -OCH3 is 1. The van der Waals surface area contributed by atoms with Crippen molar-refractivity contribution in [2.75, 3.05) is 21.2 Å². The number of aliphatic imine (C=N–C) groups is 1. The van der Waals surface area contributed by atoms with Gasteiger partial charge in [-0.15, -0.1) is 0 Å². The molecule has 0 saturated carbocycles. The number of hydrogen-bond acceptors (Lipinski definition) is 4. The van der Waals surface area contributed by atoms with Crippen LogP contribution in [-0.4, -0.2) is 48.5 Å².